The molecule has 0 aliphatic rings. The zero-order valence-corrected chi connectivity index (χ0v) is 7.73. The van der Waals surface area contributed by atoms with E-state index in [1.165, 1.54) is 18.3 Å². The standard InChI is InChI=1S/C10H10N2O2/c1-2-5-9(13)12-10(14)8-6-3-4-7-11-8/h2-7H,1H3,(H,12,13,14)/b5-2+. The summed E-state index contributed by atoms with van der Waals surface area (Å²) in [5.74, 6) is -0.933. The van der Waals surface area contributed by atoms with Crippen molar-refractivity contribution in [2.45, 2.75) is 6.92 Å². The molecule has 14 heavy (non-hydrogen) atoms. The number of carbonyl (C=O) groups is 2. The number of amides is 2. The number of pyridine rings is 1. The second-order valence-corrected chi connectivity index (χ2v) is 2.53. The van der Waals surface area contributed by atoms with Crippen LogP contribution in [0.25, 0.3) is 0 Å². The van der Waals surface area contributed by atoms with E-state index in [0.717, 1.165) is 0 Å². The molecule has 0 bridgehead atoms. The molecule has 1 aromatic heterocycles. The maximum absolute atomic E-state index is 11.3. The van der Waals surface area contributed by atoms with Crippen LogP contribution in [0.4, 0.5) is 0 Å². The lowest BCUT2D eigenvalue weighted by atomic mass is 10.3. The predicted octanol–water partition coefficient (Wildman–Crippen LogP) is 0.914. The Hall–Kier alpha value is -1.97. The van der Waals surface area contributed by atoms with Gasteiger partial charge in [-0.3, -0.25) is 19.9 Å². The third-order valence-corrected chi connectivity index (χ3v) is 1.45. The number of aromatic nitrogens is 1. The van der Waals surface area contributed by atoms with Gasteiger partial charge in [0, 0.05) is 6.20 Å². The molecule has 0 aliphatic heterocycles. The Balaban J connectivity index is 2.64. The number of hydrogen-bond donors (Lipinski definition) is 1. The summed E-state index contributed by atoms with van der Waals surface area (Å²) >= 11 is 0. The van der Waals surface area contributed by atoms with Crippen LogP contribution >= 0.6 is 0 Å². The zero-order valence-electron chi connectivity index (χ0n) is 7.73. The quantitative estimate of drug-likeness (QED) is 0.705. The van der Waals surface area contributed by atoms with Gasteiger partial charge in [-0.1, -0.05) is 12.1 Å². The van der Waals surface area contributed by atoms with E-state index in [1.54, 1.807) is 25.1 Å². The highest BCUT2D eigenvalue weighted by Gasteiger charge is 2.07. The fourth-order valence-corrected chi connectivity index (χ4v) is 0.866. The largest absolute Gasteiger partial charge is 0.287 e. The van der Waals surface area contributed by atoms with Crippen molar-refractivity contribution < 1.29 is 9.59 Å². The lowest BCUT2D eigenvalue weighted by Gasteiger charge is -1.98. The molecule has 0 unspecified atom stereocenters. The van der Waals surface area contributed by atoms with Crippen molar-refractivity contribution >= 4 is 11.8 Å². The third-order valence-electron chi connectivity index (χ3n) is 1.45. The minimum absolute atomic E-state index is 0.227. The van der Waals surface area contributed by atoms with E-state index in [0.29, 0.717) is 0 Å². The molecule has 4 heteroatoms. The second kappa shape index (κ2) is 4.91. The molecule has 0 atom stereocenters. The molecule has 0 spiro atoms. The van der Waals surface area contributed by atoms with Gasteiger partial charge in [-0.25, -0.2) is 0 Å². The molecular weight excluding hydrogens is 180 g/mol. The van der Waals surface area contributed by atoms with E-state index >= 15 is 0 Å². The molecule has 0 saturated carbocycles. The first-order chi connectivity index (χ1) is 6.74. The Morgan fingerprint density at radius 2 is 2.21 bits per heavy atom. The average molecular weight is 190 g/mol. The number of nitrogens with one attached hydrogen (secondary N) is 1. The molecule has 2 amide bonds. The fourth-order valence-electron chi connectivity index (χ4n) is 0.866. The Kier molecular flexibility index (Phi) is 3.55. The van der Waals surface area contributed by atoms with E-state index in [2.05, 4.69) is 10.3 Å². The van der Waals surface area contributed by atoms with Gasteiger partial charge in [0.15, 0.2) is 0 Å². The first kappa shape index (κ1) is 10.1. The number of hydrogen-bond acceptors (Lipinski definition) is 3. The van der Waals surface area contributed by atoms with E-state index in [4.69, 9.17) is 0 Å². The number of imide groups is 1. The smallest absolute Gasteiger partial charge is 0.276 e. The van der Waals surface area contributed by atoms with Crippen LogP contribution in [0.1, 0.15) is 17.4 Å². The molecule has 1 heterocycles. The molecule has 0 radical (unpaired) electrons. The summed E-state index contributed by atoms with van der Waals surface area (Å²) in [6, 6.07) is 4.92. The minimum Gasteiger partial charge on any atom is -0.287 e. The number of nitrogens with zero attached hydrogens (tertiary/aromatic N) is 1. The highest BCUT2D eigenvalue weighted by atomic mass is 16.2. The summed E-state index contributed by atoms with van der Waals surface area (Å²) < 4.78 is 0. The van der Waals surface area contributed by atoms with Crippen LogP contribution < -0.4 is 5.32 Å². The average Bonchev–Trinajstić information content (AvgIpc) is 2.19. The van der Waals surface area contributed by atoms with Crippen molar-refractivity contribution in [3.8, 4) is 0 Å². The van der Waals surface area contributed by atoms with Gasteiger partial charge in [-0.05, 0) is 25.1 Å². The Morgan fingerprint density at radius 3 is 2.79 bits per heavy atom. The second-order valence-electron chi connectivity index (χ2n) is 2.53. The summed E-state index contributed by atoms with van der Waals surface area (Å²) in [4.78, 5) is 26.1. The van der Waals surface area contributed by atoms with Crippen molar-refractivity contribution in [1.82, 2.24) is 10.3 Å². The fraction of sp³-hybridized carbons (Fsp3) is 0.100. The van der Waals surface area contributed by atoms with Crippen molar-refractivity contribution in [3.05, 3.63) is 42.2 Å². The molecule has 0 fully saturated rings. The van der Waals surface area contributed by atoms with Crippen LogP contribution in [0, 0.1) is 0 Å². The van der Waals surface area contributed by atoms with E-state index in [1.807, 2.05) is 0 Å². The van der Waals surface area contributed by atoms with Crippen LogP contribution in [-0.4, -0.2) is 16.8 Å². The van der Waals surface area contributed by atoms with Crippen molar-refractivity contribution in [3.63, 3.8) is 0 Å². The molecular formula is C10H10N2O2. The molecule has 1 aromatic rings. The lowest BCUT2D eigenvalue weighted by Crippen LogP contribution is -2.29. The summed E-state index contributed by atoms with van der Waals surface area (Å²) in [6.07, 6.45) is 4.33. The maximum atomic E-state index is 11.3. The van der Waals surface area contributed by atoms with Crippen LogP contribution in [0.2, 0.25) is 0 Å². The molecule has 1 N–H and O–H groups in total. The maximum Gasteiger partial charge on any atom is 0.276 e. The van der Waals surface area contributed by atoms with Gasteiger partial charge in [-0.2, -0.15) is 0 Å². The normalized spacial score (nSPS) is 10.1. The number of carbonyl (C=O) groups excluding carboxylic acids is 2. The Bertz CT molecular complexity index is 358. The highest BCUT2D eigenvalue weighted by Crippen LogP contribution is 1.92. The van der Waals surface area contributed by atoms with Crippen LogP contribution in [0.3, 0.4) is 0 Å². The van der Waals surface area contributed by atoms with Gasteiger partial charge in [0.1, 0.15) is 5.69 Å². The van der Waals surface area contributed by atoms with Crippen molar-refractivity contribution in [2.75, 3.05) is 0 Å². The van der Waals surface area contributed by atoms with E-state index in [9.17, 15) is 9.59 Å². The first-order valence-corrected chi connectivity index (χ1v) is 4.13. The summed E-state index contributed by atoms with van der Waals surface area (Å²) in [6.45, 7) is 1.70. The summed E-state index contributed by atoms with van der Waals surface area (Å²) in [5.41, 5.74) is 0.227. The molecule has 0 aromatic carbocycles. The SMILES string of the molecule is C/C=C/C(=O)NC(=O)c1ccccn1. The monoisotopic (exact) mass is 190 g/mol. The van der Waals surface area contributed by atoms with Gasteiger partial charge in [0.2, 0.25) is 0 Å². The van der Waals surface area contributed by atoms with E-state index in [-0.39, 0.29) is 5.69 Å². The van der Waals surface area contributed by atoms with Gasteiger partial charge in [0.05, 0.1) is 0 Å². The van der Waals surface area contributed by atoms with Crippen LogP contribution in [-0.2, 0) is 4.79 Å². The van der Waals surface area contributed by atoms with Gasteiger partial charge < -0.3 is 0 Å². The summed E-state index contributed by atoms with van der Waals surface area (Å²) in [5, 5.41) is 2.17. The topological polar surface area (TPSA) is 59.1 Å². The Labute approximate surface area is 81.7 Å². The lowest BCUT2D eigenvalue weighted by molar-refractivity contribution is -0.115. The van der Waals surface area contributed by atoms with E-state index < -0.39 is 11.8 Å². The van der Waals surface area contributed by atoms with Crippen molar-refractivity contribution in [1.29, 1.82) is 0 Å². The number of rotatable bonds is 2. The van der Waals surface area contributed by atoms with Crippen LogP contribution in [0.5, 0.6) is 0 Å². The van der Waals surface area contributed by atoms with Gasteiger partial charge in [-0.15, -0.1) is 0 Å². The zero-order chi connectivity index (χ0) is 10.4. The molecule has 72 valence electrons. The molecule has 4 nitrogen and oxygen atoms in total. The Morgan fingerprint density at radius 1 is 1.43 bits per heavy atom. The first-order valence-electron chi connectivity index (χ1n) is 4.13. The van der Waals surface area contributed by atoms with Gasteiger partial charge in [0.25, 0.3) is 11.8 Å². The molecule has 0 aliphatic carbocycles. The van der Waals surface area contributed by atoms with Crippen molar-refractivity contribution in [2.24, 2.45) is 0 Å². The number of allylic oxidation sites excluding steroid dienone is 1. The molecule has 0 saturated heterocycles. The summed E-state index contributed by atoms with van der Waals surface area (Å²) in [7, 11) is 0. The minimum atomic E-state index is -0.492. The van der Waals surface area contributed by atoms with Gasteiger partial charge >= 0.3 is 0 Å². The highest BCUT2D eigenvalue weighted by molar-refractivity contribution is 6.06. The molecule has 1 rings (SSSR count). The van der Waals surface area contributed by atoms with Crippen LogP contribution in [0.15, 0.2) is 36.5 Å². The predicted molar refractivity (Wildman–Crippen MR) is 51.5 cm³/mol. The third kappa shape index (κ3) is 2.82.